The first-order valence-corrected chi connectivity index (χ1v) is 11.5. The summed E-state index contributed by atoms with van der Waals surface area (Å²) in [5.41, 5.74) is 1.88. The summed E-state index contributed by atoms with van der Waals surface area (Å²) in [5, 5.41) is 14.3. The van der Waals surface area contributed by atoms with Crippen molar-refractivity contribution < 1.29 is 14.3 Å². The van der Waals surface area contributed by atoms with E-state index < -0.39 is 0 Å². The minimum atomic E-state index is 0.0275. The molecule has 0 atom stereocenters. The molecule has 0 saturated carbocycles. The molecule has 0 aliphatic rings. The van der Waals surface area contributed by atoms with Gasteiger partial charge in [-0.25, -0.2) is 0 Å². The predicted octanol–water partition coefficient (Wildman–Crippen LogP) is 5.52. The Labute approximate surface area is 179 Å². The maximum Gasteiger partial charge on any atom is 0.163 e. The molecule has 0 amide bonds. The third kappa shape index (κ3) is 6.94. The second kappa shape index (κ2) is 10.5. The van der Waals surface area contributed by atoms with E-state index >= 15 is 0 Å². The number of carbonyl (C=O) groups excluding carboxylic acids is 1. The number of nitrogens with zero attached hydrogens (tertiary/aromatic N) is 2. The van der Waals surface area contributed by atoms with Crippen LogP contribution in [0.5, 0.6) is 11.5 Å². The van der Waals surface area contributed by atoms with Crippen LogP contribution in [0.3, 0.4) is 0 Å². The van der Waals surface area contributed by atoms with Crippen molar-refractivity contribution in [3.8, 4) is 11.5 Å². The number of Topliss-reactive ketones (excluding diaryl/α,β-unsaturated/α-hetero) is 1. The van der Waals surface area contributed by atoms with Crippen LogP contribution in [0.25, 0.3) is 0 Å². The topological polar surface area (TPSA) is 61.3 Å². The van der Waals surface area contributed by atoms with Gasteiger partial charge in [0.1, 0.15) is 21.5 Å². The Hall–Kier alpha value is -2.25. The van der Waals surface area contributed by atoms with Gasteiger partial charge in [0.2, 0.25) is 0 Å². The normalized spacial score (nSPS) is 11.0. The number of thiophene rings is 1. The smallest absolute Gasteiger partial charge is 0.163 e. The zero-order valence-electron chi connectivity index (χ0n) is 17.0. The maximum absolute atomic E-state index is 12.7. The van der Waals surface area contributed by atoms with E-state index in [1.807, 2.05) is 39.0 Å². The van der Waals surface area contributed by atoms with Gasteiger partial charge in [-0.2, -0.15) is 11.3 Å². The molecule has 29 heavy (non-hydrogen) atoms. The molecular weight excluding hydrogens is 404 g/mol. The van der Waals surface area contributed by atoms with E-state index in [9.17, 15) is 4.79 Å². The number of benzene rings is 1. The molecule has 0 saturated heterocycles. The van der Waals surface area contributed by atoms with Crippen LogP contribution in [0.4, 0.5) is 0 Å². The molecule has 0 spiro atoms. The Bertz CT molecular complexity index is 920. The number of hydrogen-bond donors (Lipinski definition) is 0. The van der Waals surface area contributed by atoms with Crippen LogP contribution >= 0.6 is 22.7 Å². The highest BCUT2D eigenvalue weighted by molar-refractivity contribution is 7.11. The van der Waals surface area contributed by atoms with Gasteiger partial charge in [0, 0.05) is 30.9 Å². The molecule has 7 heteroatoms. The molecule has 154 valence electrons. The summed E-state index contributed by atoms with van der Waals surface area (Å²) in [5.74, 6) is 1.42. The van der Waals surface area contributed by atoms with Crippen LogP contribution in [0.1, 0.15) is 52.6 Å². The molecule has 0 unspecified atom stereocenters. The van der Waals surface area contributed by atoms with E-state index in [1.165, 1.54) is 5.56 Å². The molecule has 0 fully saturated rings. The highest BCUT2D eigenvalue weighted by atomic mass is 32.1. The van der Waals surface area contributed by atoms with Crippen molar-refractivity contribution in [1.29, 1.82) is 0 Å². The van der Waals surface area contributed by atoms with E-state index in [0.29, 0.717) is 30.1 Å². The van der Waals surface area contributed by atoms with Crippen molar-refractivity contribution in [3.05, 3.63) is 56.2 Å². The maximum atomic E-state index is 12.7. The van der Waals surface area contributed by atoms with Crippen LogP contribution in [0, 0.1) is 6.92 Å². The number of hydrogen-bond acceptors (Lipinski definition) is 7. The van der Waals surface area contributed by atoms with Gasteiger partial charge in [-0.1, -0.05) is 0 Å². The van der Waals surface area contributed by atoms with Crippen molar-refractivity contribution in [1.82, 2.24) is 10.2 Å². The SMILES string of the molecule is Cc1nnc(CCCC(=O)c2cc(OCCc3ccsc3)cc(OC(C)C)c2)s1. The molecule has 3 aromatic rings. The van der Waals surface area contributed by atoms with Gasteiger partial charge in [-0.15, -0.1) is 21.5 Å². The van der Waals surface area contributed by atoms with Gasteiger partial charge < -0.3 is 9.47 Å². The molecule has 0 aliphatic carbocycles. The zero-order valence-corrected chi connectivity index (χ0v) is 18.6. The van der Waals surface area contributed by atoms with Gasteiger partial charge in [-0.05, 0) is 61.7 Å². The van der Waals surface area contributed by atoms with E-state index in [-0.39, 0.29) is 11.9 Å². The van der Waals surface area contributed by atoms with Crippen LogP contribution in [-0.4, -0.2) is 28.7 Å². The van der Waals surface area contributed by atoms with Gasteiger partial charge in [-0.3, -0.25) is 4.79 Å². The third-order valence-corrected chi connectivity index (χ3v) is 5.81. The van der Waals surface area contributed by atoms with E-state index in [4.69, 9.17) is 9.47 Å². The highest BCUT2D eigenvalue weighted by Gasteiger charge is 2.12. The Kier molecular flexibility index (Phi) is 7.77. The van der Waals surface area contributed by atoms with Gasteiger partial charge in [0.25, 0.3) is 0 Å². The van der Waals surface area contributed by atoms with Crippen molar-refractivity contribution >= 4 is 28.5 Å². The van der Waals surface area contributed by atoms with Gasteiger partial charge in [0.05, 0.1) is 12.7 Å². The monoisotopic (exact) mass is 430 g/mol. The quantitative estimate of drug-likeness (QED) is 0.375. The fourth-order valence-electron chi connectivity index (χ4n) is 2.86. The summed E-state index contributed by atoms with van der Waals surface area (Å²) < 4.78 is 11.8. The van der Waals surface area contributed by atoms with Crippen molar-refractivity contribution in [2.45, 2.75) is 52.6 Å². The van der Waals surface area contributed by atoms with Crippen LogP contribution in [0.2, 0.25) is 0 Å². The summed E-state index contributed by atoms with van der Waals surface area (Å²) in [6.45, 7) is 6.43. The van der Waals surface area contributed by atoms with Crippen molar-refractivity contribution in [2.24, 2.45) is 0 Å². The molecule has 2 aromatic heterocycles. The molecular formula is C22H26N2O3S2. The summed E-state index contributed by atoms with van der Waals surface area (Å²) >= 11 is 3.26. The Morgan fingerprint density at radius 2 is 1.97 bits per heavy atom. The summed E-state index contributed by atoms with van der Waals surface area (Å²) in [7, 11) is 0. The Morgan fingerprint density at radius 1 is 1.14 bits per heavy atom. The minimum Gasteiger partial charge on any atom is -0.493 e. The number of aryl methyl sites for hydroxylation is 2. The fourth-order valence-corrected chi connectivity index (χ4v) is 4.31. The van der Waals surface area contributed by atoms with Crippen LogP contribution in [0.15, 0.2) is 35.0 Å². The Balaban J connectivity index is 1.62. The molecule has 2 heterocycles. The van der Waals surface area contributed by atoms with Crippen LogP contribution in [-0.2, 0) is 12.8 Å². The lowest BCUT2D eigenvalue weighted by molar-refractivity contribution is 0.0979. The van der Waals surface area contributed by atoms with E-state index in [0.717, 1.165) is 29.3 Å². The van der Waals surface area contributed by atoms with Gasteiger partial charge >= 0.3 is 0 Å². The summed E-state index contributed by atoms with van der Waals surface area (Å²) in [6.07, 6.45) is 2.83. The molecule has 0 aliphatic heterocycles. The van der Waals surface area contributed by atoms with E-state index in [2.05, 4.69) is 27.0 Å². The van der Waals surface area contributed by atoms with Gasteiger partial charge in [0.15, 0.2) is 5.78 Å². The molecule has 0 bridgehead atoms. The molecule has 1 aromatic carbocycles. The molecule has 5 nitrogen and oxygen atoms in total. The number of ketones is 1. The van der Waals surface area contributed by atoms with Crippen molar-refractivity contribution in [2.75, 3.05) is 6.61 Å². The first-order chi connectivity index (χ1) is 14.0. The van der Waals surface area contributed by atoms with Crippen LogP contribution < -0.4 is 9.47 Å². The lowest BCUT2D eigenvalue weighted by Gasteiger charge is -2.14. The number of ether oxygens (including phenoxy) is 2. The second-order valence-corrected chi connectivity index (χ2v) is 9.13. The summed E-state index contributed by atoms with van der Waals surface area (Å²) in [4.78, 5) is 12.7. The number of rotatable bonds is 11. The largest absolute Gasteiger partial charge is 0.493 e. The zero-order chi connectivity index (χ0) is 20.6. The third-order valence-electron chi connectivity index (χ3n) is 4.18. The van der Waals surface area contributed by atoms with Crippen molar-refractivity contribution in [3.63, 3.8) is 0 Å². The molecule has 3 rings (SSSR count). The summed E-state index contributed by atoms with van der Waals surface area (Å²) in [6, 6.07) is 7.58. The fraction of sp³-hybridized carbons (Fsp3) is 0.409. The molecule has 0 N–H and O–H groups in total. The second-order valence-electron chi connectivity index (χ2n) is 7.08. The average Bonchev–Trinajstić information content (AvgIpc) is 3.33. The first-order valence-electron chi connectivity index (χ1n) is 9.77. The lowest BCUT2D eigenvalue weighted by Crippen LogP contribution is -2.08. The lowest BCUT2D eigenvalue weighted by atomic mass is 10.0. The first kappa shape index (κ1) is 21.5. The minimum absolute atomic E-state index is 0.0275. The highest BCUT2D eigenvalue weighted by Crippen LogP contribution is 2.26. The number of carbonyl (C=O) groups is 1. The standard InChI is InChI=1S/C22H26N2O3S2/c1-15(2)27-20-12-18(21(25)5-4-6-22-24-23-16(3)29-22)11-19(13-20)26-9-7-17-8-10-28-14-17/h8,10-15H,4-7,9H2,1-3H3. The predicted molar refractivity (Wildman–Crippen MR) is 118 cm³/mol. The average molecular weight is 431 g/mol. The molecule has 0 radical (unpaired) electrons. The van der Waals surface area contributed by atoms with E-state index in [1.54, 1.807) is 22.7 Å². The number of aromatic nitrogens is 2. The Morgan fingerprint density at radius 3 is 2.66 bits per heavy atom.